The Morgan fingerprint density at radius 3 is 3.00 bits per heavy atom. The van der Waals surface area contributed by atoms with E-state index >= 15 is 0 Å². The van der Waals surface area contributed by atoms with Gasteiger partial charge in [0.2, 0.25) is 5.91 Å². The molecule has 16 heavy (non-hydrogen) atoms. The minimum absolute atomic E-state index is 0.0145. The van der Waals surface area contributed by atoms with Crippen LogP contribution in [0, 0.1) is 5.92 Å². The number of thiophene rings is 1. The molecule has 1 amide bonds. The van der Waals surface area contributed by atoms with Gasteiger partial charge in [-0.05, 0) is 48.1 Å². The zero-order valence-electron chi connectivity index (χ0n) is 9.40. The van der Waals surface area contributed by atoms with Crippen LogP contribution in [0.1, 0.15) is 25.3 Å². The molecule has 3 nitrogen and oxygen atoms in total. The van der Waals surface area contributed by atoms with Crippen molar-refractivity contribution >= 4 is 17.2 Å². The molecule has 0 radical (unpaired) electrons. The number of carbonyl (C=O) groups excluding carboxylic acids is 1. The molecular formula is C12H17NO2S. The van der Waals surface area contributed by atoms with E-state index in [0.29, 0.717) is 18.9 Å². The molecule has 1 aliphatic rings. The summed E-state index contributed by atoms with van der Waals surface area (Å²) in [5.74, 6) is 0.355. The summed E-state index contributed by atoms with van der Waals surface area (Å²) in [5.41, 5.74) is 0.304. The van der Waals surface area contributed by atoms with Gasteiger partial charge in [-0.3, -0.25) is 4.79 Å². The second-order valence-corrected chi connectivity index (χ2v) is 5.50. The molecule has 1 aromatic heterocycles. The summed E-state index contributed by atoms with van der Waals surface area (Å²) >= 11 is 1.59. The summed E-state index contributed by atoms with van der Waals surface area (Å²) < 4.78 is 0. The van der Waals surface area contributed by atoms with E-state index in [1.807, 2.05) is 16.8 Å². The predicted molar refractivity (Wildman–Crippen MR) is 64.4 cm³/mol. The average molecular weight is 239 g/mol. The van der Waals surface area contributed by atoms with Crippen molar-refractivity contribution in [2.24, 2.45) is 5.92 Å². The first-order chi connectivity index (χ1) is 7.58. The molecule has 0 bridgehead atoms. The Hall–Kier alpha value is -0.870. The van der Waals surface area contributed by atoms with Crippen molar-refractivity contribution in [3.8, 4) is 0 Å². The van der Waals surface area contributed by atoms with Crippen molar-refractivity contribution in [1.29, 1.82) is 0 Å². The normalized spacial score (nSPS) is 19.1. The molecule has 1 atom stereocenters. The van der Waals surface area contributed by atoms with Gasteiger partial charge in [0.25, 0.3) is 0 Å². The van der Waals surface area contributed by atoms with E-state index in [2.05, 4.69) is 5.32 Å². The van der Waals surface area contributed by atoms with E-state index in [4.69, 9.17) is 0 Å². The molecule has 88 valence electrons. The minimum Gasteiger partial charge on any atom is -0.388 e. The number of aliphatic hydroxyl groups is 1. The van der Waals surface area contributed by atoms with Crippen LogP contribution in [0.3, 0.4) is 0 Å². The second kappa shape index (κ2) is 4.55. The van der Waals surface area contributed by atoms with Crippen LogP contribution in [0.15, 0.2) is 16.8 Å². The van der Waals surface area contributed by atoms with Crippen LogP contribution in [-0.4, -0.2) is 23.2 Å². The molecule has 4 heteroatoms. The van der Waals surface area contributed by atoms with Gasteiger partial charge < -0.3 is 10.4 Å². The third-order valence-electron chi connectivity index (χ3n) is 3.05. The van der Waals surface area contributed by atoms with Gasteiger partial charge in [-0.25, -0.2) is 0 Å². The van der Waals surface area contributed by atoms with Gasteiger partial charge >= 0.3 is 0 Å². The molecule has 2 rings (SSSR count). The van der Waals surface area contributed by atoms with Crippen LogP contribution in [0.25, 0.3) is 0 Å². The smallest absolute Gasteiger partial charge is 0.224 e. The molecule has 0 saturated heterocycles. The molecule has 0 unspecified atom stereocenters. The van der Waals surface area contributed by atoms with Gasteiger partial charge in [-0.15, -0.1) is 0 Å². The number of carbonyl (C=O) groups is 1. The molecule has 2 N–H and O–H groups in total. The van der Waals surface area contributed by atoms with Crippen LogP contribution >= 0.6 is 11.3 Å². The van der Waals surface area contributed by atoms with Gasteiger partial charge in [-0.2, -0.15) is 11.3 Å². The largest absolute Gasteiger partial charge is 0.388 e. The second-order valence-electron chi connectivity index (χ2n) is 4.72. The summed E-state index contributed by atoms with van der Waals surface area (Å²) in [6, 6.07) is 1.95. The Kier molecular flexibility index (Phi) is 3.30. The Morgan fingerprint density at radius 1 is 1.69 bits per heavy atom. The van der Waals surface area contributed by atoms with Gasteiger partial charge in [0.15, 0.2) is 0 Å². The Labute approximate surface area is 99.5 Å². The fourth-order valence-corrected chi connectivity index (χ4v) is 2.44. The number of nitrogens with one attached hydrogen (secondary N) is 1. The Morgan fingerprint density at radius 2 is 2.44 bits per heavy atom. The van der Waals surface area contributed by atoms with Crippen molar-refractivity contribution in [3.05, 3.63) is 22.4 Å². The minimum atomic E-state index is -0.732. The van der Waals surface area contributed by atoms with E-state index in [-0.39, 0.29) is 5.91 Å². The van der Waals surface area contributed by atoms with Gasteiger partial charge in [0, 0.05) is 6.54 Å². The Balaban J connectivity index is 1.75. The highest BCUT2D eigenvalue weighted by atomic mass is 32.1. The molecule has 1 aromatic rings. The molecule has 0 aromatic carbocycles. The maximum Gasteiger partial charge on any atom is 0.224 e. The van der Waals surface area contributed by atoms with Crippen molar-refractivity contribution in [2.75, 3.05) is 6.54 Å². The molecule has 1 aliphatic carbocycles. The first-order valence-electron chi connectivity index (χ1n) is 5.58. The van der Waals surface area contributed by atoms with Crippen molar-refractivity contribution < 1.29 is 9.90 Å². The molecule has 1 saturated carbocycles. The molecule has 1 heterocycles. The highest BCUT2D eigenvalue weighted by molar-refractivity contribution is 7.07. The number of hydrogen-bond donors (Lipinski definition) is 2. The lowest BCUT2D eigenvalue weighted by Gasteiger charge is -2.23. The highest BCUT2D eigenvalue weighted by Crippen LogP contribution is 2.38. The lowest BCUT2D eigenvalue weighted by Crippen LogP contribution is -2.42. The van der Waals surface area contributed by atoms with Crippen LogP contribution in [-0.2, 0) is 11.2 Å². The lowest BCUT2D eigenvalue weighted by atomic mass is 10.0. The van der Waals surface area contributed by atoms with Crippen molar-refractivity contribution in [1.82, 2.24) is 5.32 Å². The summed E-state index contributed by atoms with van der Waals surface area (Å²) in [6.45, 7) is 2.16. The third-order valence-corrected chi connectivity index (χ3v) is 3.78. The summed E-state index contributed by atoms with van der Waals surface area (Å²) in [6.07, 6.45) is 2.56. The average Bonchev–Trinajstić information content (AvgIpc) is 2.98. The Bertz CT molecular complexity index is 355. The SMILES string of the molecule is C[C@@](O)(CNC(=O)Cc1ccsc1)C1CC1. The first-order valence-corrected chi connectivity index (χ1v) is 6.52. The number of amides is 1. The van der Waals surface area contributed by atoms with Crippen LogP contribution in [0.4, 0.5) is 0 Å². The summed E-state index contributed by atoms with van der Waals surface area (Å²) in [7, 11) is 0. The first kappa shape index (κ1) is 11.6. The quantitative estimate of drug-likeness (QED) is 0.819. The fourth-order valence-electron chi connectivity index (χ4n) is 1.77. The molecule has 1 fully saturated rings. The van der Waals surface area contributed by atoms with Crippen LogP contribution in [0.2, 0.25) is 0 Å². The van der Waals surface area contributed by atoms with E-state index in [0.717, 1.165) is 18.4 Å². The van der Waals surface area contributed by atoms with Crippen molar-refractivity contribution in [2.45, 2.75) is 31.8 Å². The van der Waals surface area contributed by atoms with Crippen LogP contribution < -0.4 is 5.32 Å². The zero-order chi connectivity index (χ0) is 11.6. The van der Waals surface area contributed by atoms with E-state index in [1.165, 1.54) is 0 Å². The maximum atomic E-state index is 11.6. The van der Waals surface area contributed by atoms with Crippen LogP contribution in [0.5, 0.6) is 0 Å². The monoisotopic (exact) mass is 239 g/mol. The molecular weight excluding hydrogens is 222 g/mol. The van der Waals surface area contributed by atoms with Crippen molar-refractivity contribution in [3.63, 3.8) is 0 Å². The van der Waals surface area contributed by atoms with Gasteiger partial charge in [0.1, 0.15) is 0 Å². The summed E-state index contributed by atoms with van der Waals surface area (Å²) in [5, 5.41) is 16.7. The molecule has 0 aliphatic heterocycles. The van der Waals surface area contributed by atoms with E-state index in [1.54, 1.807) is 18.3 Å². The fraction of sp³-hybridized carbons (Fsp3) is 0.583. The van der Waals surface area contributed by atoms with Gasteiger partial charge in [-0.1, -0.05) is 0 Å². The maximum absolute atomic E-state index is 11.6. The van der Waals surface area contributed by atoms with E-state index < -0.39 is 5.60 Å². The third kappa shape index (κ3) is 3.06. The molecule has 0 spiro atoms. The van der Waals surface area contributed by atoms with Gasteiger partial charge in [0.05, 0.1) is 12.0 Å². The van der Waals surface area contributed by atoms with E-state index in [9.17, 15) is 9.90 Å². The zero-order valence-corrected chi connectivity index (χ0v) is 10.2. The highest BCUT2D eigenvalue weighted by Gasteiger charge is 2.39. The summed E-state index contributed by atoms with van der Waals surface area (Å²) in [4.78, 5) is 11.6. The predicted octanol–water partition coefficient (Wildman–Crippen LogP) is 1.57. The standard InChI is InChI=1S/C12H17NO2S/c1-12(15,10-2-3-10)8-13-11(14)6-9-4-5-16-7-9/h4-5,7,10,15H,2-3,6,8H2,1H3,(H,13,14)/t12-/m1/s1. The topological polar surface area (TPSA) is 49.3 Å². The number of hydrogen-bond acceptors (Lipinski definition) is 3. The number of rotatable bonds is 5. The lowest BCUT2D eigenvalue weighted by molar-refractivity contribution is -0.121.